The van der Waals surface area contributed by atoms with Crippen molar-refractivity contribution in [1.82, 2.24) is 5.32 Å². The molecule has 100 valence electrons. The first-order valence-electron chi connectivity index (χ1n) is 6.24. The van der Waals surface area contributed by atoms with E-state index in [9.17, 15) is 9.18 Å². The van der Waals surface area contributed by atoms with Crippen LogP contribution in [-0.4, -0.2) is 12.5 Å². The van der Waals surface area contributed by atoms with Gasteiger partial charge in [0.15, 0.2) is 0 Å². The van der Waals surface area contributed by atoms with Crippen molar-refractivity contribution in [2.75, 3.05) is 6.54 Å². The van der Waals surface area contributed by atoms with Crippen molar-refractivity contribution in [3.05, 3.63) is 34.1 Å². The van der Waals surface area contributed by atoms with Gasteiger partial charge in [0, 0.05) is 6.54 Å². The number of amides is 1. The van der Waals surface area contributed by atoms with Gasteiger partial charge in [0.1, 0.15) is 5.82 Å². The lowest BCUT2D eigenvalue weighted by molar-refractivity contribution is 0.0948. The first-order chi connectivity index (χ1) is 8.52. The standard InChI is InChI=1S/C14H19BrFNO/c1-10(2)6-3-4-9-17-14(18)11-7-5-8-12(15)13(11)16/h5,7-8,10H,3-4,6,9H2,1-2H3,(H,17,18). The number of nitrogens with one attached hydrogen (secondary N) is 1. The molecule has 0 bridgehead atoms. The molecular weight excluding hydrogens is 297 g/mol. The minimum Gasteiger partial charge on any atom is -0.352 e. The van der Waals surface area contributed by atoms with Crippen LogP contribution < -0.4 is 5.32 Å². The highest BCUT2D eigenvalue weighted by Gasteiger charge is 2.12. The Morgan fingerprint density at radius 1 is 1.39 bits per heavy atom. The Morgan fingerprint density at radius 2 is 2.11 bits per heavy atom. The number of halogens is 2. The molecule has 0 spiro atoms. The summed E-state index contributed by atoms with van der Waals surface area (Å²) >= 11 is 3.07. The molecule has 0 atom stereocenters. The highest BCUT2D eigenvalue weighted by molar-refractivity contribution is 9.10. The van der Waals surface area contributed by atoms with Crippen LogP contribution in [0.2, 0.25) is 0 Å². The SMILES string of the molecule is CC(C)CCCCNC(=O)c1cccc(Br)c1F. The highest BCUT2D eigenvalue weighted by atomic mass is 79.9. The number of unbranched alkanes of at least 4 members (excludes halogenated alkanes) is 1. The molecule has 1 N–H and O–H groups in total. The highest BCUT2D eigenvalue weighted by Crippen LogP contribution is 2.18. The summed E-state index contributed by atoms with van der Waals surface area (Å²) in [6.07, 6.45) is 3.17. The Labute approximate surface area is 116 Å². The van der Waals surface area contributed by atoms with Crippen molar-refractivity contribution in [3.63, 3.8) is 0 Å². The van der Waals surface area contributed by atoms with Crippen LogP contribution in [-0.2, 0) is 0 Å². The predicted molar refractivity (Wildman–Crippen MR) is 75.1 cm³/mol. The summed E-state index contributed by atoms with van der Waals surface area (Å²) in [5.41, 5.74) is 0.0910. The number of hydrogen-bond donors (Lipinski definition) is 1. The van der Waals surface area contributed by atoms with Crippen LogP contribution in [0.15, 0.2) is 22.7 Å². The second-order valence-corrected chi connectivity index (χ2v) is 5.60. The van der Waals surface area contributed by atoms with Crippen LogP contribution in [0.5, 0.6) is 0 Å². The van der Waals surface area contributed by atoms with Crippen molar-refractivity contribution in [2.24, 2.45) is 5.92 Å². The molecule has 0 unspecified atom stereocenters. The molecule has 1 rings (SSSR count). The van der Waals surface area contributed by atoms with Crippen LogP contribution in [0.3, 0.4) is 0 Å². The Balaban J connectivity index is 2.39. The Hall–Kier alpha value is -0.900. The number of carbonyl (C=O) groups excluding carboxylic acids is 1. The molecule has 0 aliphatic carbocycles. The predicted octanol–water partition coefficient (Wildman–Crippen LogP) is 4.14. The lowest BCUT2D eigenvalue weighted by Crippen LogP contribution is -2.25. The molecule has 4 heteroatoms. The topological polar surface area (TPSA) is 29.1 Å². The molecule has 0 aliphatic heterocycles. The van der Waals surface area contributed by atoms with Crippen molar-refractivity contribution >= 4 is 21.8 Å². The van der Waals surface area contributed by atoms with Gasteiger partial charge in [0.25, 0.3) is 5.91 Å². The van der Waals surface area contributed by atoms with Gasteiger partial charge in [-0.1, -0.05) is 32.8 Å². The normalized spacial score (nSPS) is 10.7. The summed E-state index contributed by atoms with van der Waals surface area (Å²) in [6, 6.07) is 4.72. The van der Waals surface area contributed by atoms with Gasteiger partial charge in [-0.05, 0) is 40.4 Å². The molecule has 0 aliphatic rings. The first-order valence-corrected chi connectivity index (χ1v) is 7.04. The Kier molecular flexibility index (Phi) is 6.33. The fourth-order valence-electron chi connectivity index (χ4n) is 1.65. The average molecular weight is 316 g/mol. The van der Waals surface area contributed by atoms with E-state index in [2.05, 4.69) is 35.1 Å². The van der Waals surface area contributed by atoms with E-state index in [-0.39, 0.29) is 11.5 Å². The molecule has 0 radical (unpaired) electrons. The molecule has 0 aromatic heterocycles. The third-order valence-corrected chi connectivity index (χ3v) is 3.30. The van der Waals surface area contributed by atoms with Crippen molar-refractivity contribution < 1.29 is 9.18 Å². The number of rotatable bonds is 6. The maximum absolute atomic E-state index is 13.6. The van der Waals surface area contributed by atoms with E-state index in [4.69, 9.17) is 0 Å². The maximum atomic E-state index is 13.6. The van der Waals surface area contributed by atoms with Gasteiger partial charge < -0.3 is 5.32 Å². The number of hydrogen-bond acceptors (Lipinski definition) is 1. The fraction of sp³-hybridized carbons (Fsp3) is 0.500. The van der Waals surface area contributed by atoms with Gasteiger partial charge in [-0.25, -0.2) is 4.39 Å². The van der Waals surface area contributed by atoms with E-state index < -0.39 is 5.82 Å². The molecule has 1 amide bonds. The summed E-state index contributed by atoms with van der Waals surface area (Å²) in [6.45, 7) is 4.95. The van der Waals surface area contributed by atoms with Gasteiger partial charge in [-0.3, -0.25) is 4.79 Å². The van der Waals surface area contributed by atoms with Crippen LogP contribution in [0.25, 0.3) is 0 Å². The Bertz CT molecular complexity index is 407. The monoisotopic (exact) mass is 315 g/mol. The van der Waals surface area contributed by atoms with E-state index in [1.54, 1.807) is 12.1 Å². The van der Waals surface area contributed by atoms with E-state index in [1.807, 2.05) is 0 Å². The smallest absolute Gasteiger partial charge is 0.254 e. The summed E-state index contributed by atoms with van der Waals surface area (Å²) in [7, 11) is 0. The van der Waals surface area contributed by atoms with Crippen molar-refractivity contribution in [2.45, 2.75) is 33.1 Å². The molecule has 1 aromatic rings. The summed E-state index contributed by atoms with van der Waals surface area (Å²) < 4.78 is 13.9. The van der Waals surface area contributed by atoms with E-state index in [0.717, 1.165) is 19.3 Å². The summed E-state index contributed by atoms with van der Waals surface area (Å²) in [5.74, 6) is -0.168. The lowest BCUT2D eigenvalue weighted by atomic mass is 10.1. The second kappa shape index (κ2) is 7.52. The average Bonchev–Trinajstić information content (AvgIpc) is 2.31. The zero-order valence-electron chi connectivity index (χ0n) is 10.8. The lowest BCUT2D eigenvalue weighted by Gasteiger charge is -2.07. The molecule has 2 nitrogen and oxygen atoms in total. The van der Waals surface area contributed by atoms with Crippen LogP contribution >= 0.6 is 15.9 Å². The zero-order chi connectivity index (χ0) is 13.5. The Morgan fingerprint density at radius 3 is 2.78 bits per heavy atom. The van der Waals surface area contributed by atoms with E-state index in [0.29, 0.717) is 16.9 Å². The van der Waals surface area contributed by atoms with Gasteiger partial charge >= 0.3 is 0 Å². The van der Waals surface area contributed by atoms with Gasteiger partial charge in [-0.2, -0.15) is 0 Å². The van der Waals surface area contributed by atoms with Crippen molar-refractivity contribution in [1.29, 1.82) is 0 Å². The van der Waals surface area contributed by atoms with E-state index >= 15 is 0 Å². The summed E-state index contributed by atoms with van der Waals surface area (Å²) in [4.78, 5) is 11.7. The molecule has 18 heavy (non-hydrogen) atoms. The zero-order valence-corrected chi connectivity index (χ0v) is 12.4. The van der Waals surface area contributed by atoms with Crippen LogP contribution in [0.4, 0.5) is 4.39 Å². The number of benzene rings is 1. The molecule has 0 heterocycles. The molecule has 0 fully saturated rings. The first kappa shape index (κ1) is 15.2. The third-order valence-electron chi connectivity index (χ3n) is 2.69. The van der Waals surface area contributed by atoms with Crippen LogP contribution in [0.1, 0.15) is 43.5 Å². The summed E-state index contributed by atoms with van der Waals surface area (Å²) in [5, 5.41) is 2.74. The fourth-order valence-corrected chi connectivity index (χ4v) is 2.02. The van der Waals surface area contributed by atoms with Gasteiger partial charge in [0.2, 0.25) is 0 Å². The number of carbonyl (C=O) groups is 1. The minimum atomic E-state index is -0.503. The van der Waals surface area contributed by atoms with Gasteiger partial charge in [0.05, 0.1) is 10.0 Å². The largest absolute Gasteiger partial charge is 0.352 e. The minimum absolute atomic E-state index is 0.0910. The molecule has 0 saturated carbocycles. The molecule has 1 aromatic carbocycles. The maximum Gasteiger partial charge on any atom is 0.254 e. The van der Waals surface area contributed by atoms with E-state index in [1.165, 1.54) is 6.07 Å². The molecule has 0 saturated heterocycles. The molecular formula is C14H19BrFNO. The quantitative estimate of drug-likeness (QED) is 0.785. The second-order valence-electron chi connectivity index (χ2n) is 4.75. The van der Waals surface area contributed by atoms with Crippen LogP contribution in [0, 0.1) is 11.7 Å². The third kappa shape index (κ3) is 4.77. The van der Waals surface area contributed by atoms with Gasteiger partial charge in [-0.15, -0.1) is 0 Å². The van der Waals surface area contributed by atoms with Crippen molar-refractivity contribution in [3.8, 4) is 0 Å².